The first kappa shape index (κ1) is 11.0. The molecule has 2 aromatic rings. The van der Waals surface area contributed by atoms with Gasteiger partial charge in [-0.05, 0) is 30.0 Å². The normalized spacial score (nSPS) is 11.8. The van der Waals surface area contributed by atoms with E-state index in [1.807, 2.05) is 19.1 Å². The predicted molar refractivity (Wildman–Crippen MR) is 67.6 cm³/mol. The lowest BCUT2D eigenvalue weighted by Gasteiger charge is -2.18. The fraction of sp³-hybridized carbons (Fsp3) is 0.333. The molecule has 0 unspecified atom stereocenters. The van der Waals surface area contributed by atoms with Gasteiger partial charge in [0.25, 0.3) is 0 Å². The summed E-state index contributed by atoms with van der Waals surface area (Å²) >= 11 is 0. The summed E-state index contributed by atoms with van der Waals surface area (Å²) in [7, 11) is 0. The van der Waals surface area contributed by atoms with Crippen molar-refractivity contribution in [1.29, 1.82) is 0 Å². The van der Waals surface area contributed by atoms with Crippen molar-refractivity contribution in [3.63, 3.8) is 0 Å². The van der Waals surface area contributed by atoms with Gasteiger partial charge < -0.3 is 4.42 Å². The third-order valence-corrected chi connectivity index (χ3v) is 2.78. The van der Waals surface area contributed by atoms with E-state index in [0.29, 0.717) is 0 Å². The lowest BCUT2D eigenvalue weighted by atomic mass is 9.86. The SMILES string of the molecule is Cc1ccc(-c2ccc(C(C)(C)C)cc2)o1. The molecule has 0 aliphatic heterocycles. The summed E-state index contributed by atoms with van der Waals surface area (Å²) in [5.41, 5.74) is 2.69. The van der Waals surface area contributed by atoms with Crippen LogP contribution in [0.5, 0.6) is 0 Å². The van der Waals surface area contributed by atoms with Crippen LogP contribution in [-0.4, -0.2) is 0 Å². The van der Waals surface area contributed by atoms with Gasteiger partial charge in [-0.3, -0.25) is 0 Å². The van der Waals surface area contributed by atoms with Crippen LogP contribution in [0.1, 0.15) is 32.1 Å². The van der Waals surface area contributed by atoms with Gasteiger partial charge >= 0.3 is 0 Å². The smallest absolute Gasteiger partial charge is 0.134 e. The number of benzene rings is 1. The van der Waals surface area contributed by atoms with E-state index in [4.69, 9.17) is 4.42 Å². The van der Waals surface area contributed by atoms with Crippen LogP contribution in [0.25, 0.3) is 11.3 Å². The molecule has 0 atom stereocenters. The highest BCUT2D eigenvalue weighted by atomic mass is 16.3. The van der Waals surface area contributed by atoms with Gasteiger partial charge in [0.15, 0.2) is 0 Å². The van der Waals surface area contributed by atoms with E-state index < -0.39 is 0 Å². The molecule has 0 aliphatic carbocycles. The van der Waals surface area contributed by atoms with Crippen molar-refractivity contribution in [1.82, 2.24) is 0 Å². The Morgan fingerprint density at radius 3 is 1.94 bits per heavy atom. The van der Waals surface area contributed by atoms with Crippen molar-refractivity contribution in [2.75, 3.05) is 0 Å². The number of hydrogen-bond donors (Lipinski definition) is 0. The Morgan fingerprint density at radius 2 is 1.50 bits per heavy atom. The van der Waals surface area contributed by atoms with Crippen LogP contribution in [0.4, 0.5) is 0 Å². The van der Waals surface area contributed by atoms with Gasteiger partial charge in [0.05, 0.1) is 0 Å². The van der Waals surface area contributed by atoms with Gasteiger partial charge in [-0.25, -0.2) is 0 Å². The van der Waals surface area contributed by atoms with Gasteiger partial charge in [0.1, 0.15) is 11.5 Å². The van der Waals surface area contributed by atoms with E-state index >= 15 is 0 Å². The van der Waals surface area contributed by atoms with Crippen molar-refractivity contribution in [3.05, 3.63) is 47.7 Å². The summed E-state index contributed by atoms with van der Waals surface area (Å²) in [6.45, 7) is 8.63. The molecule has 16 heavy (non-hydrogen) atoms. The van der Waals surface area contributed by atoms with Gasteiger partial charge in [0.2, 0.25) is 0 Å². The first-order valence-electron chi connectivity index (χ1n) is 5.64. The maximum atomic E-state index is 5.60. The summed E-state index contributed by atoms with van der Waals surface area (Å²) in [4.78, 5) is 0. The van der Waals surface area contributed by atoms with E-state index in [1.165, 1.54) is 5.56 Å². The third-order valence-electron chi connectivity index (χ3n) is 2.78. The average Bonchev–Trinajstić information content (AvgIpc) is 2.64. The largest absolute Gasteiger partial charge is 0.461 e. The zero-order valence-electron chi connectivity index (χ0n) is 10.4. The third kappa shape index (κ3) is 2.19. The molecule has 0 fully saturated rings. The van der Waals surface area contributed by atoms with Gasteiger partial charge in [-0.1, -0.05) is 45.0 Å². The molecule has 0 amide bonds. The molecule has 0 spiro atoms. The summed E-state index contributed by atoms with van der Waals surface area (Å²) in [5, 5.41) is 0. The monoisotopic (exact) mass is 214 g/mol. The molecule has 0 N–H and O–H groups in total. The first-order valence-corrected chi connectivity index (χ1v) is 5.64. The number of hydrogen-bond acceptors (Lipinski definition) is 1. The van der Waals surface area contributed by atoms with Crippen LogP contribution >= 0.6 is 0 Å². The number of furan rings is 1. The zero-order chi connectivity index (χ0) is 11.8. The minimum absolute atomic E-state index is 0.206. The van der Waals surface area contributed by atoms with Crippen LogP contribution in [0.2, 0.25) is 0 Å². The summed E-state index contributed by atoms with van der Waals surface area (Å²) in [6, 6.07) is 12.6. The highest BCUT2D eigenvalue weighted by molar-refractivity contribution is 5.58. The topological polar surface area (TPSA) is 13.1 Å². The average molecular weight is 214 g/mol. The molecule has 0 saturated carbocycles. The molecule has 1 aromatic carbocycles. The molecule has 0 radical (unpaired) electrons. The Morgan fingerprint density at radius 1 is 0.875 bits per heavy atom. The minimum atomic E-state index is 0.206. The number of rotatable bonds is 1. The van der Waals surface area contributed by atoms with Crippen LogP contribution in [0.3, 0.4) is 0 Å². The minimum Gasteiger partial charge on any atom is -0.461 e. The molecule has 1 aromatic heterocycles. The van der Waals surface area contributed by atoms with E-state index in [0.717, 1.165) is 17.1 Å². The lowest BCUT2D eigenvalue weighted by Crippen LogP contribution is -2.10. The van der Waals surface area contributed by atoms with E-state index in [1.54, 1.807) is 0 Å². The van der Waals surface area contributed by atoms with E-state index in [9.17, 15) is 0 Å². The Kier molecular flexibility index (Phi) is 2.63. The molecule has 1 heterocycles. The predicted octanol–water partition coefficient (Wildman–Crippen LogP) is 4.55. The van der Waals surface area contributed by atoms with Crippen molar-refractivity contribution in [2.24, 2.45) is 0 Å². The fourth-order valence-corrected chi connectivity index (χ4v) is 1.72. The second-order valence-electron chi connectivity index (χ2n) is 5.24. The van der Waals surface area contributed by atoms with E-state index in [-0.39, 0.29) is 5.41 Å². The molecule has 2 rings (SSSR count). The molecule has 0 bridgehead atoms. The molecule has 0 saturated heterocycles. The lowest BCUT2D eigenvalue weighted by molar-refractivity contribution is 0.548. The van der Waals surface area contributed by atoms with E-state index in [2.05, 4.69) is 45.0 Å². The van der Waals surface area contributed by atoms with Gasteiger partial charge in [-0.15, -0.1) is 0 Å². The summed E-state index contributed by atoms with van der Waals surface area (Å²) in [5.74, 6) is 1.90. The van der Waals surface area contributed by atoms with Crippen molar-refractivity contribution < 1.29 is 4.42 Å². The number of aryl methyl sites for hydroxylation is 1. The van der Waals surface area contributed by atoms with Crippen molar-refractivity contribution in [3.8, 4) is 11.3 Å². The zero-order valence-corrected chi connectivity index (χ0v) is 10.4. The summed E-state index contributed by atoms with van der Waals surface area (Å²) < 4.78 is 5.60. The fourth-order valence-electron chi connectivity index (χ4n) is 1.72. The second-order valence-corrected chi connectivity index (χ2v) is 5.24. The first-order chi connectivity index (χ1) is 7.47. The molecule has 0 aliphatic rings. The highest BCUT2D eigenvalue weighted by Gasteiger charge is 2.13. The van der Waals surface area contributed by atoms with Crippen molar-refractivity contribution >= 4 is 0 Å². The molecule has 1 heteroatoms. The Hall–Kier alpha value is -1.50. The van der Waals surface area contributed by atoms with Crippen LogP contribution in [-0.2, 0) is 5.41 Å². The molecule has 1 nitrogen and oxygen atoms in total. The second kappa shape index (κ2) is 3.82. The molecular formula is C15H18O. The quantitative estimate of drug-likeness (QED) is 0.678. The Labute approximate surface area is 97.1 Å². The highest BCUT2D eigenvalue weighted by Crippen LogP contribution is 2.26. The summed E-state index contributed by atoms with van der Waals surface area (Å²) in [6.07, 6.45) is 0. The molecule has 84 valence electrons. The van der Waals surface area contributed by atoms with Gasteiger partial charge in [-0.2, -0.15) is 0 Å². The molecular weight excluding hydrogens is 196 g/mol. The maximum absolute atomic E-state index is 5.60. The Bertz CT molecular complexity index is 469. The standard InChI is InChI=1S/C15H18O/c1-11-5-10-14(16-11)12-6-8-13(9-7-12)15(2,3)4/h5-10H,1-4H3. The Balaban J connectivity index is 2.33. The van der Waals surface area contributed by atoms with Crippen molar-refractivity contribution in [2.45, 2.75) is 33.1 Å². The van der Waals surface area contributed by atoms with Crippen LogP contribution in [0, 0.1) is 6.92 Å². The van der Waals surface area contributed by atoms with Gasteiger partial charge in [0, 0.05) is 5.56 Å². The van der Waals surface area contributed by atoms with Crippen LogP contribution in [0.15, 0.2) is 40.8 Å². The maximum Gasteiger partial charge on any atom is 0.134 e. The van der Waals surface area contributed by atoms with Crippen LogP contribution < -0.4 is 0 Å².